The Bertz CT molecular complexity index is 887. The van der Waals surface area contributed by atoms with Crippen molar-refractivity contribution in [2.24, 2.45) is 5.92 Å². The van der Waals surface area contributed by atoms with Crippen molar-refractivity contribution in [2.75, 3.05) is 11.4 Å². The second-order valence-electron chi connectivity index (χ2n) is 7.07. The lowest BCUT2D eigenvalue weighted by molar-refractivity contribution is -0.122. The number of nitrogens with zero attached hydrogens (tertiary/aromatic N) is 1. The van der Waals surface area contributed by atoms with Crippen molar-refractivity contribution in [1.29, 1.82) is 0 Å². The quantitative estimate of drug-likeness (QED) is 0.613. The Balaban J connectivity index is 1.74. The molecule has 0 saturated heterocycles. The number of imide groups is 1. The summed E-state index contributed by atoms with van der Waals surface area (Å²) in [4.78, 5) is 25.0. The molecule has 0 spiro atoms. The van der Waals surface area contributed by atoms with Crippen LogP contribution in [-0.4, -0.2) is 18.9 Å². The number of carbonyl (C=O) groups is 2. The fourth-order valence-corrected chi connectivity index (χ4v) is 3.41. The van der Waals surface area contributed by atoms with Gasteiger partial charge in [0, 0.05) is 24.0 Å². The molecule has 1 atom stereocenters. The first-order valence-electron chi connectivity index (χ1n) is 9.13. The van der Waals surface area contributed by atoms with Crippen LogP contribution in [0, 0.1) is 11.7 Å². The van der Waals surface area contributed by atoms with Crippen molar-refractivity contribution in [3.8, 4) is 0 Å². The number of carbonyl (C=O) groups excluding carboxylic acids is 2. The van der Waals surface area contributed by atoms with Crippen molar-refractivity contribution in [3.05, 3.63) is 63.4 Å². The van der Waals surface area contributed by atoms with Crippen LogP contribution in [0.25, 0.3) is 0 Å². The second kappa shape index (κ2) is 9.03. The Hall–Kier alpha value is -1.95. The topological polar surface area (TPSA) is 49.4 Å². The average molecular weight is 423 g/mol. The molecule has 1 fully saturated rings. The lowest BCUT2D eigenvalue weighted by atomic mass is 10.0. The van der Waals surface area contributed by atoms with E-state index in [0.717, 1.165) is 23.3 Å². The number of anilines is 1. The third-order valence-electron chi connectivity index (χ3n) is 4.83. The molecule has 1 saturated carbocycles. The monoisotopic (exact) mass is 422 g/mol. The first kappa shape index (κ1) is 20.8. The molecule has 1 aliphatic rings. The van der Waals surface area contributed by atoms with Gasteiger partial charge in [-0.3, -0.25) is 14.5 Å². The van der Waals surface area contributed by atoms with Crippen molar-refractivity contribution in [2.45, 2.75) is 32.2 Å². The van der Waals surface area contributed by atoms with Crippen LogP contribution >= 0.6 is 23.2 Å². The van der Waals surface area contributed by atoms with Crippen LogP contribution in [0.3, 0.4) is 0 Å². The number of hydrogen-bond acceptors (Lipinski definition) is 3. The molecule has 7 heteroatoms. The fraction of sp³-hybridized carbons (Fsp3) is 0.333. The van der Waals surface area contributed by atoms with Gasteiger partial charge in [0.2, 0.25) is 12.3 Å². The molecule has 3 rings (SSSR count). The summed E-state index contributed by atoms with van der Waals surface area (Å²) in [5.74, 6) is -0.826. The largest absolute Gasteiger partial charge is 0.312 e. The SMILES string of the molecule is CC(CNCc1cc(F)c(Cl)cc1N(C=O)C(=O)C1CC1)c1cccc(Cl)c1. The number of benzene rings is 2. The Morgan fingerprint density at radius 3 is 2.71 bits per heavy atom. The van der Waals surface area contributed by atoms with Crippen LogP contribution in [-0.2, 0) is 16.1 Å². The van der Waals surface area contributed by atoms with Gasteiger partial charge < -0.3 is 5.32 Å². The Morgan fingerprint density at radius 1 is 1.32 bits per heavy atom. The molecule has 28 heavy (non-hydrogen) atoms. The van der Waals surface area contributed by atoms with Crippen molar-refractivity contribution in [3.63, 3.8) is 0 Å². The highest BCUT2D eigenvalue weighted by Gasteiger charge is 2.35. The summed E-state index contributed by atoms with van der Waals surface area (Å²) in [5.41, 5.74) is 1.91. The molecule has 1 unspecified atom stereocenters. The average Bonchev–Trinajstić information content (AvgIpc) is 3.51. The summed E-state index contributed by atoms with van der Waals surface area (Å²) in [6.45, 7) is 2.95. The predicted molar refractivity (Wildman–Crippen MR) is 109 cm³/mol. The predicted octanol–water partition coefficient (Wildman–Crippen LogP) is 4.93. The van der Waals surface area contributed by atoms with Crippen LogP contribution in [0.1, 0.15) is 36.8 Å². The molecule has 2 aromatic rings. The van der Waals surface area contributed by atoms with Gasteiger partial charge >= 0.3 is 0 Å². The Morgan fingerprint density at radius 2 is 2.07 bits per heavy atom. The lowest BCUT2D eigenvalue weighted by Gasteiger charge is -2.21. The van der Waals surface area contributed by atoms with Crippen LogP contribution in [0.2, 0.25) is 10.0 Å². The number of rotatable bonds is 8. The summed E-state index contributed by atoms with van der Waals surface area (Å²) >= 11 is 11.9. The summed E-state index contributed by atoms with van der Waals surface area (Å²) in [7, 11) is 0. The van der Waals surface area contributed by atoms with Crippen LogP contribution in [0.5, 0.6) is 0 Å². The van der Waals surface area contributed by atoms with Gasteiger partial charge in [0.15, 0.2) is 0 Å². The van der Waals surface area contributed by atoms with E-state index in [-0.39, 0.29) is 29.3 Å². The van der Waals surface area contributed by atoms with Gasteiger partial charge in [-0.05, 0) is 54.2 Å². The lowest BCUT2D eigenvalue weighted by Crippen LogP contribution is -2.32. The Kier molecular flexibility index (Phi) is 6.70. The molecule has 2 amide bonds. The maximum absolute atomic E-state index is 14.0. The van der Waals surface area contributed by atoms with E-state index in [9.17, 15) is 14.0 Å². The van der Waals surface area contributed by atoms with Gasteiger partial charge in [-0.2, -0.15) is 0 Å². The molecule has 0 radical (unpaired) electrons. The standard InChI is InChI=1S/C21H21Cl2FN2O2/c1-13(15-3-2-4-17(22)7-15)10-25-11-16-8-19(24)18(23)9-20(16)26(12-27)21(28)14-5-6-14/h2-4,7-9,12-14,25H,5-6,10-11H2,1H3. The zero-order valence-corrected chi connectivity index (χ0v) is 16.9. The number of nitrogens with one attached hydrogen (secondary N) is 1. The highest BCUT2D eigenvalue weighted by molar-refractivity contribution is 6.31. The second-order valence-corrected chi connectivity index (χ2v) is 7.91. The molecular weight excluding hydrogens is 402 g/mol. The van der Waals surface area contributed by atoms with E-state index in [1.807, 2.05) is 24.3 Å². The molecule has 148 valence electrons. The maximum atomic E-state index is 14.0. The van der Waals surface area contributed by atoms with Gasteiger partial charge in [-0.15, -0.1) is 0 Å². The normalized spacial score (nSPS) is 14.6. The summed E-state index contributed by atoms with van der Waals surface area (Å²) in [5, 5.41) is 3.81. The maximum Gasteiger partial charge on any atom is 0.236 e. The first-order valence-corrected chi connectivity index (χ1v) is 9.88. The minimum absolute atomic E-state index is 0.124. The Labute approximate surface area is 173 Å². The minimum Gasteiger partial charge on any atom is -0.312 e. The van der Waals surface area contributed by atoms with E-state index in [4.69, 9.17) is 23.2 Å². The zero-order chi connectivity index (χ0) is 20.3. The molecule has 4 nitrogen and oxygen atoms in total. The zero-order valence-electron chi connectivity index (χ0n) is 15.4. The fourth-order valence-electron chi connectivity index (χ4n) is 3.05. The molecule has 2 aromatic carbocycles. The third-order valence-corrected chi connectivity index (χ3v) is 5.36. The van der Waals surface area contributed by atoms with E-state index in [1.165, 1.54) is 12.1 Å². The summed E-state index contributed by atoms with van der Waals surface area (Å²) in [6, 6.07) is 10.2. The molecule has 0 bridgehead atoms. The van der Waals surface area contributed by atoms with E-state index >= 15 is 0 Å². The van der Waals surface area contributed by atoms with Gasteiger partial charge in [0.25, 0.3) is 0 Å². The summed E-state index contributed by atoms with van der Waals surface area (Å²) in [6.07, 6.45) is 2.01. The van der Waals surface area contributed by atoms with Gasteiger partial charge in [0.1, 0.15) is 5.82 Å². The van der Waals surface area contributed by atoms with E-state index in [2.05, 4.69) is 12.2 Å². The van der Waals surface area contributed by atoms with E-state index in [1.54, 1.807) is 0 Å². The molecule has 0 aromatic heterocycles. The number of halogens is 3. The van der Waals surface area contributed by atoms with Crippen LogP contribution in [0.4, 0.5) is 10.1 Å². The number of hydrogen-bond donors (Lipinski definition) is 1. The minimum atomic E-state index is -0.588. The summed E-state index contributed by atoms with van der Waals surface area (Å²) < 4.78 is 14.0. The molecule has 0 aliphatic heterocycles. The van der Waals surface area contributed by atoms with Crippen molar-refractivity contribution in [1.82, 2.24) is 5.32 Å². The molecule has 1 N–H and O–H groups in total. The molecular formula is C21H21Cl2FN2O2. The van der Waals surface area contributed by atoms with Crippen molar-refractivity contribution < 1.29 is 14.0 Å². The van der Waals surface area contributed by atoms with Gasteiger partial charge in [-0.1, -0.05) is 42.3 Å². The van der Waals surface area contributed by atoms with Gasteiger partial charge in [-0.25, -0.2) is 4.39 Å². The van der Waals surface area contributed by atoms with Crippen LogP contribution in [0.15, 0.2) is 36.4 Å². The highest BCUT2D eigenvalue weighted by Crippen LogP contribution is 2.34. The molecule has 1 aliphatic carbocycles. The van der Waals surface area contributed by atoms with Crippen LogP contribution < -0.4 is 10.2 Å². The smallest absolute Gasteiger partial charge is 0.236 e. The van der Waals surface area contributed by atoms with Gasteiger partial charge in [0.05, 0.1) is 10.7 Å². The third kappa shape index (κ3) is 4.90. The van der Waals surface area contributed by atoms with E-state index in [0.29, 0.717) is 29.2 Å². The number of amides is 2. The van der Waals surface area contributed by atoms with Crippen molar-refractivity contribution >= 4 is 41.2 Å². The highest BCUT2D eigenvalue weighted by atomic mass is 35.5. The molecule has 0 heterocycles. The first-order chi connectivity index (χ1) is 13.4. The van der Waals surface area contributed by atoms with E-state index < -0.39 is 5.82 Å².